The SMILES string of the molecule is CCOCCOCCOC(=O)CCC1(CCC(=O)OCCOCCOCC)c2ccccc2-c2cc3c4cccc5c6c7c(cc8c9cccc%10c%11c%12c(cc%13c%14cccc%15c(c21)c3c1c(c45)c(c86)c(c9%10)c(c%13%11)c1c%14%15)-c1ccccc1C%12(CCC(=O)OCCOCCOCC)CCC(=O)OCCOCCOCC)-c1ccccc1C7(CCC(=O)OCCOCCOCC)CCC(=O)OCCOCCOCC. The zero-order valence-corrected chi connectivity index (χ0v) is 81.9. The van der Waals surface area contributed by atoms with E-state index >= 15 is 0 Å². The quantitative estimate of drug-likeness (QED) is 0.0113. The number of hydrogen-bond acceptors (Lipinski definition) is 24. The van der Waals surface area contributed by atoms with Crippen LogP contribution in [-0.2, 0) is 130 Å². The molecule has 0 bridgehead atoms. The van der Waals surface area contributed by atoms with Crippen LogP contribution in [0.15, 0.2) is 146 Å². The van der Waals surface area contributed by atoms with E-state index in [4.69, 9.17) is 85.3 Å². The second-order valence-corrected chi connectivity index (χ2v) is 36.8. The Morgan fingerprint density at radius 1 is 0.184 bits per heavy atom. The van der Waals surface area contributed by atoms with Gasteiger partial charge in [-0.3, -0.25) is 28.8 Å². The van der Waals surface area contributed by atoms with Gasteiger partial charge in [-0.05, 0) is 294 Å². The first-order valence-corrected chi connectivity index (χ1v) is 50.8. The molecule has 0 unspecified atom stereocenters. The third-order valence-corrected chi connectivity index (χ3v) is 29.4. The maximum atomic E-state index is 15.0. The van der Waals surface area contributed by atoms with Crippen LogP contribution < -0.4 is 0 Å². The molecule has 0 saturated heterocycles. The molecule has 141 heavy (non-hydrogen) atoms. The molecule has 0 aromatic heterocycles. The molecular weight excluding hydrogens is 1790 g/mol. The van der Waals surface area contributed by atoms with Crippen molar-refractivity contribution in [3.63, 3.8) is 0 Å². The van der Waals surface area contributed by atoms with Gasteiger partial charge in [-0.15, -0.1) is 0 Å². The van der Waals surface area contributed by atoms with Crippen LogP contribution in [0.5, 0.6) is 0 Å². The first-order valence-electron chi connectivity index (χ1n) is 50.8. The van der Waals surface area contributed by atoms with Crippen LogP contribution in [0.25, 0.3) is 163 Å². The predicted molar refractivity (Wildman–Crippen MR) is 547 cm³/mol. The molecule has 0 atom stereocenters. The smallest absolute Gasteiger partial charge is 0.305 e. The summed E-state index contributed by atoms with van der Waals surface area (Å²) in [7, 11) is 0. The minimum Gasteiger partial charge on any atom is -0.463 e. The third-order valence-electron chi connectivity index (χ3n) is 29.4. The summed E-state index contributed by atoms with van der Waals surface area (Å²) in [4.78, 5) is 89.9. The lowest BCUT2D eigenvalue weighted by atomic mass is 9.66. The average Bonchev–Trinajstić information content (AvgIpc) is 1.62. The van der Waals surface area contributed by atoms with Gasteiger partial charge in [0.15, 0.2) is 0 Å². The summed E-state index contributed by atoms with van der Waals surface area (Å²) in [6, 6.07) is 53.1. The van der Waals surface area contributed by atoms with Crippen molar-refractivity contribution in [1.29, 1.82) is 0 Å². The number of ether oxygens (including phenoxy) is 18. The predicted octanol–water partition coefficient (Wildman–Crippen LogP) is 21.2. The Hall–Kier alpha value is -11.5. The average molecular weight is 1920 g/mol. The lowest BCUT2D eigenvalue weighted by Crippen LogP contribution is -2.29. The Bertz CT molecular complexity index is 6320. The molecule has 0 radical (unpaired) electrons. The Morgan fingerprint density at radius 2 is 0.376 bits per heavy atom. The second-order valence-electron chi connectivity index (χ2n) is 36.8. The van der Waals surface area contributed by atoms with Gasteiger partial charge in [-0.1, -0.05) is 127 Å². The highest BCUT2D eigenvalue weighted by molar-refractivity contribution is 6.62. The highest BCUT2D eigenvalue weighted by Gasteiger charge is 2.51. The standard InChI is InChI=1S/C117H126O24/c1-7-124-46-52-130-58-64-136-91(118)34-40-115(41-35-92(119)137-65-59-131-53-47-125-8-2)88-31-16-13-22-73(88)85-70-82-76-26-20-29-80-98(76)107-109-100(82)103(112(85)115)79-28-19-25-77-83-71-86-74-23-14-17-32-89(74)116(42-36-93(120)138-66-60-132-54-48-126-9-3,43-37-94(121)139-67-61-133-55-49-127-10-4)113(86)105-81-30-21-27-78-84-72-87-75-24-15-18-33-90(75)117(44-38-95(122)140-68-62-134-56-50-128-11-5,45-39-96(123)141-69-63-135-57-51-129-12-6)114(87)104(80)102(84)111(107)108(99(78)81)110(101(83)105)106(109)97(77)79/h13-33,70-72H,7-12,34-69H2,1-6H3. The van der Waals surface area contributed by atoms with Crippen LogP contribution in [0.4, 0.5) is 0 Å². The van der Waals surface area contributed by atoms with Crippen LogP contribution in [0.3, 0.4) is 0 Å². The zero-order chi connectivity index (χ0) is 97.1. The fourth-order valence-electron chi connectivity index (χ4n) is 24.0. The van der Waals surface area contributed by atoms with Gasteiger partial charge in [-0.25, -0.2) is 0 Å². The van der Waals surface area contributed by atoms with E-state index in [0.717, 1.165) is 196 Å². The normalized spacial score (nSPS) is 13.9. The Morgan fingerprint density at radius 3 is 0.596 bits per heavy atom. The van der Waals surface area contributed by atoms with E-state index in [0.29, 0.717) is 119 Å². The van der Waals surface area contributed by atoms with Crippen molar-refractivity contribution in [2.75, 3.05) is 198 Å². The van der Waals surface area contributed by atoms with Crippen molar-refractivity contribution in [2.45, 2.75) is 135 Å². The zero-order valence-electron chi connectivity index (χ0n) is 81.9. The van der Waals surface area contributed by atoms with E-state index < -0.39 is 52.1 Å². The van der Waals surface area contributed by atoms with E-state index in [1.807, 2.05) is 41.5 Å². The van der Waals surface area contributed by atoms with E-state index in [1.165, 1.54) is 0 Å². The number of hydrogen-bond donors (Lipinski definition) is 0. The maximum absolute atomic E-state index is 15.0. The molecule has 0 amide bonds. The fourth-order valence-corrected chi connectivity index (χ4v) is 24.0. The van der Waals surface area contributed by atoms with E-state index in [1.54, 1.807) is 0 Å². The molecule has 16 aromatic carbocycles. The molecule has 19 rings (SSSR count). The molecule has 0 saturated carbocycles. The van der Waals surface area contributed by atoms with Crippen LogP contribution in [0.2, 0.25) is 0 Å². The van der Waals surface area contributed by atoms with Crippen LogP contribution in [-0.4, -0.2) is 234 Å². The van der Waals surface area contributed by atoms with Crippen molar-refractivity contribution < 1.29 is 114 Å². The number of benzene rings is 16. The van der Waals surface area contributed by atoms with Gasteiger partial charge in [0.25, 0.3) is 0 Å². The van der Waals surface area contributed by atoms with E-state index in [9.17, 15) is 28.8 Å². The first-order chi connectivity index (χ1) is 69.3. The molecule has 3 aliphatic carbocycles. The summed E-state index contributed by atoms with van der Waals surface area (Å²) in [5.74, 6) is -2.42. The summed E-state index contributed by atoms with van der Waals surface area (Å²) in [6.07, 6.45) is 1.42. The van der Waals surface area contributed by atoms with E-state index in [-0.39, 0.29) is 156 Å². The van der Waals surface area contributed by atoms with Gasteiger partial charge in [0.2, 0.25) is 0 Å². The molecule has 0 heterocycles. The van der Waals surface area contributed by atoms with Crippen molar-refractivity contribution in [3.05, 3.63) is 179 Å². The number of rotatable bonds is 60. The molecule has 0 fully saturated rings. The number of fused-ring (bicyclic) bond motifs is 18. The molecular formula is C117H126O24. The molecule has 24 nitrogen and oxygen atoms in total. The molecule has 16 aromatic rings. The summed E-state index contributed by atoms with van der Waals surface area (Å²) < 4.78 is 106. The second kappa shape index (κ2) is 44.6. The largest absolute Gasteiger partial charge is 0.463 e. The summed E-state index contributed by atoms with van der Waals surface area (Å²) in [5, 5.41) is 24.6. The monoisotopic (exact) mass is 1910 g/mol. The fraction of sp³-hybridized carbons (Fsp3) is 0.436. The van der Waals surface area contributed by atoms with Crippen molar-refractivity contribution in [3.8, 4) is 33.4 Å². The van der Waals surface area contributed by atoms with Gasteiger partial charge >= 0.3 is 35.8 Å². The van der Waals surface area contributed by atoms with E-state index in [2.05, 4.69) is 146 Å². The molecule has 3 aliphatic rings. The summed E-state index contributed by atoms with van der Waals surface area (Å²) >= 11 is 0. The topological polar surface area (TPSA) is 269 Å². The molecule has 24 heteroatoms. The lowest BCUT2D eigenvalue weighted by Gasteiger charge is -2.36. The van der Waals surface area contributed by atoms with Gasteiger partial charge in [0.05, 0.1) is 119 Å². The summed E-state index contributed by atoms with van der Waals surface area (Å²) in [6.45, 7) is 20.7. The van der Waals surface area contributed by atoms with Crippen molar-refractivity contribution in [1.82, 2.24) is 0 Å². The lowest BCUT2D eigenvalue weighted by molar-refractivity contribution is -0.147. The van der Waals surface area contributed by atoms with Crippen LogP contribution in [0, 0.1) is 0 Å². The minimum atomic E-state index is -1.06. The van der Waals surface area contributed by atoms with Crippen LogP contribution in [0.1, 0.15) is 152 Å². The molecule has 738 valence electrons. The van der Waals surface area contributed by atoms with Gasteiger partial charge < -0.3 is 85.3 Å². The van der Waals surface area contributed by atoms with Gasteiger partial charge in [-0.2, -0.15) is 0 Å². The maximum Gasteiger partial charge on any atom is 0.305 e. The molecule has 0 N–H and O–H groups in total. The van der Waals surface area contributed by atoms with Crippen molar-refractivity contribution >= 4 is 165 Å². The summed E-state index contributed by atoms with van der Waals surface area (Å²) in [5.41, 5.74) is 8.62. The third kappa shape index (κ3) is 18.5. The van der Waals surface area contributed by atoms with Gasteiger partial charge in [0, 0.05) is 94.4 Å². The van der Waals surface area contributed by atoms with Gasteiger partial charge in [0.1, 0.15) is 39.6 Å². The highest BCUT2D eigenvalue weighted by Crippen LogP contribution is 2.69. The Kier molecular flexibility index (Phi) is 31.1. The first kappa shape index (κ1) is 98.3. The number of esters is 6. The van der Waals surface area contributed by atoms with Crippen molar-refractivity contribution in [2.24, 2.45) is 0 Å². The van der Waals surface area contributed by atoms with Crippen LogP contribution >= 0.6 is 0 Å². The number of carbonyl (C=O) groups excluding carboxylic acids is 6. The number of carbonyl (C=O) groups is 6. The molecule has 0 spiro atoms. The molecule has 0 aliphatic heterocycles. The minimum absolute atomic E-state index is 0.0140. The highest BCUT2D eigenvalue weighted by atomic mass is 16.6. The Balaban J connectivity index is 0.908. The Labute approximate surface area is 819 Å².